The van der Waals surface area contributed by atoms with E-state index in [0.29, 0.717) is 19.4 Å². The molecule has 7 N–H and O–H groups in total. The number of aliphatic hydroxyl groups excluding tert-OH is 1. The van der Waals surface area contributed by atoms with Gasteiger partial charge in [-0.2, -0.15) is 0 Å². The van der Waals surface area contributed by atoms with Crippen LogP contribution < -0.4 is 17.2 Å². The molecular weight excluding hydrogens is 202 g/mol. The van der Waals surface area contributed by atoms with Gasteiger partial charge in [-0.25, -0.2) is 9.59 Å². The van der Waals surface area contributed by atoms with Crippen molar-refractivity contribution in [2.45, 2.75) is 24.9 Å². The molecule has 0 spiro atoms. The van der Waals surface area contributed by atoms with Gasteiger partial charge < -0.3 is 27.0 Å². The van der Waals surface area contributed by atoms with Crippen LogP contribution in [-0.2, 0) is 14.3 Å². The van der Waals surface area contributed by atoms with Crippen molar-refractivity contribution in [3.63, 3.8) is 0 Å². The van der Waals surface area contributed by atoms with E-state index in [-0.39, 0.29) is 0 Å². The molecule has 0 bridgehead atoms. The second kappa shape index (κ2) is 7.30. The zero-order valence-electron chi connectivity index (χ0n) is 8.39. The zero-order valence-corrected chi connectivity index (χ0v) is 8.39. The Hall–Kier alpha value is -1.02. The SMILES string of the molecule is NCCC[C@H](N)C(=O)OC(=O)[C@@H](N)CO. The number of aliphatic hydroxyl groups is 1. The summed E-state index contributed by atoms with van der Waals surface area (Å²) in [6.45, 7) is -0.171. The van der Waals surface area contributed by atoms with E-state index in [0.717, 1.165) is 0 Å². The molecule has 0 aromatic carbocycles. The second-order valence-corrected chi connectivity index (χ2v) is 3.07. The normalized spacial score (nSPS) is 14.4. The van der Waals surface area contributed by atoms with Crippen LogP contribution in [0.1, 0.15) is 12.8 Å². The summed E-state index contributed by atoms with van der Waals surface area (Å²) in [6, 6.07) is -2.10. The van der Waals surface area contributed by atoms with E-state index >= 15 is 0 Å². The summed E-state index contributed by atoms with van der Waals surface area (Å²) in [5.41, 5.74) is 15.8. The number of esters is 2. The van der Waals surface area contributed by atoms with Gasteiger partial charge in [-0.05, 0) is 19.4 Å². The maximum Gasteiger partial charge on any atom is 0.332 e. The van der Waals surface area contributed by atoms with Crippen LogP contribution in [0, 0.1) is 0 Å². The molecule has 0 heterocycles. The molecule has 0 saturated carbocycles. The maximum atomic E-state index is 11.1. The summed E-state index contributed by atoms with van der Waals surface area (Å²) >= 11 is 0. The van der Waals surface area contributed by atoms with Crippen LogP contribution >= 0.6 is 0 Å². The first-order valence-electron chi connectivity index (χ1n) is 4.60. The Balaban J connectivity index is 3.96. The van der Waals surface area contributed by atoms with Crippen LogP contribution in [0.5, 0.6) is 0 Å². The molecule has 88 valence electrons. The third-order valence-electron chi connectivity index (χ3n) is 1.72. The molecule has 15 heavy (non-hydrogen) atoms. The topological polar surface area (TPSA) is 142 Å². The number of hydrogen-bond donors (Lipinski definition) is 4. The standard InChI is InChI=1S/C8H17N3O4/c9-3-1-2-5(10)7(13)15-8(14)6(11)4-12/h5-6,12H,1-4,9-11H2/t5-,6-/m0/s1. The predicted octanol–water partition coefficient (Wildman–Crippen LogP) is -2.56. The van der Waals surface area contributed by atoms with Crippen molar-refractivity contribution in [2.24, 2.45) is 17.2 Å². The lowest BCUT2D eigenvalue weighted by Crippen LogP contribution is -2.41. The molecule has 0 radical (unpaired) electrons. The molecule has 0 aliphatic rings. The highest BCUT2D eigenvalue weighted by Crippen LogP contribution is 1.97. The molecule has 0 aliphatic carbocycles. The highest BCUT2D eigenvalue weighted by molar-refractivity contribution is 5.90. The predicted molar refractivity (Wildman–Crippen MR) is 52.4 cm³/mol. The molecule has 0 rings (SSSR count). The van der Waals surface area contributed by atoms with Crippen LogP contribution in [0.3, 0.4) is 0 Å². The van der Waals surface area contributed by atoms with Crippen molar-refractivity contribution < 1.29 is 19.4 Å². The van der Waals surface area contributed by atoms with Crippen LogP contribution in [0.2, 0.25) is 0 Å². The molecule has 2 atom stereocenters. The number of rotatable bonds is 6. The highest BCUT2D eigenvalue weighted by Gasteiger charge is 2.22. The van der Waals surface area contributed by atoms with E-state index in [2.05, 4.69) is 4.74 Å². The van der Waals surface area contributed by atoms with Crippen LogP contribution in [0.15, 0.2) is 0 Å². The summed E-state index contributed by atoms with van der Waals surface area (Å²) in [5.74, 6) is -1.83. The molecule has 0 fully saturated rings. The zero-order chi connectivity index (χ0) is 11.8. The summed E-state index contributed by atoms with van der Waals surface area (Å²) in [5, 5.41) is 8.51. The van der Waals surface area contributed by atoms with E-state index < -0.39 is 30.6 Å². The van der Waals surface area contributed by atoms with E-state index in [1.165, 1.54) is 0 Å². The molecule has 7 nitrogen and oxygen atoms in total. The van der Waals surface area contributed by atoms with Crippen molar-refractivity contribution in [3.8, 4) is 0 Å². The molecule has 0 aromatic heterocycles. The Bertz CT molecular complexity index is 222. The van der Waals surface area contributed by atoms with Crippen LogP contribution in [0.4, 0.5) is 0 Å². The number of nitrogens with two attached hydrogens (primary N) is 3. The van der Waals surface area contributed by atoms with Gasteiger partial charge in [-0.1, -0.05) is 0 Å². The lowest BCUT2D eigenvalue weighted by molar-refractivity contribution is -0.162. The molecule has 0 aromatic rings. The van der Waals surface area contributed by atoms with Crippen LogP contribution in [-0.4, -0.2) is 42.3 Å². The van der Waals surface area contributed by atoms with E-state index in [9.17, 15) is 9.59 Å². The van der Waals surface area contributed by atoms with Gasteiger partial charge >= 0.3 is 11.9 Å². The molecule has 0 saturated heterocycles. The summed E-state index contributed by atoms with van der Waals surface area (Å²) in [7, 11) is 0. The summed E-state index contributed by atoms with van der Waals surface area (Å²) in [6.07, 6.45) is 0.910. The van der Waals surface area contributed by atoms with E-state index in [1.807, 2.05) is 0 Å². The molecule has 0 unspecified atom stereocenters. The minimum atomic E-state index is -1.21. The minimum absolute atomic E-state index is 0.344. The quantitative estimate of drug-likeness (QED) is 0.284. The van der Waals surface area contributed by atoms with Crippen molar-refractivity contribution >= 4 is 11.9 Å². The monoisotopic (exact) mass is 219 g/mol. The molecule has 0 aliphatic heterocycles. The Kier molecular flexibility index (Phi) is 6.80. The number of carbonyl (C=O) groups is 2. The second-order valence-electron chi connectivity index (χ2n) is 3.07. The van der Waals surface area contributed by atoms with Gasteiger partial charge in [-0.3, -0.25) is 0 Å². The van der Waals surface area contributed by atoms with Gasteiger partial charge in [0.2, 0.25) is 0 Å². The fraction of sp³-hybridized carbons (Fsp3) is 0.750. The van der Waals surface area contributed by atoms with Crippen molar-refractivity contribution in [1.82, 2.24) is 0 Å². The lowest BCUT2D eigenvalue weighted by Gasteiger charge is -2.11. The molecule has 7 heteroatoms. The van der Waals surface area contributed by atoms with Gasteiger partial charge in [0.25, 0.3) is 0 Å². The third-order valence-corrected chi connectivity index (χ3v) is 1.72. The van der Waals surface area contributed by atoms with E-state index in [1.54, 1.807) is 0 Å². The number of carbonyl (C=O) groups excluding carboxylic acids is 2. The van der Waals surface area contributed by atoms with Crippen molar-refractivity contribution in [1.29, 1.82) is 0 Å². The summed E-state index contributed by atoms with van der Waals surface area (Å²) in [4.78, 5) is 22.1. The summed E-state index contributed by atoms with van der Waals surface area (Å²) < 4.78 is 4.33. The first kappa shape index (κ1) is 14.0. The largest absolute Gasteiger partial charge is 0.394 e. The first-order chi connectivity index (χ1) is 7.02. The van der Waals surface area contributed by atoms with Gasteiger partial charge in [-0.15, -0.1) is 0 Å². The highest BCUT2D eigenvalue weighted by atomic mass is 16.6. The molecular formula is C8H17N3O4. The van der Waals surface area contributed by atoms with Crippen molar-refractivity contribution in [2.75, 3.05) is 13.2 Å². The maximum absolute atomic E-state index is 11.1. The Labute approximate surface area is 87.5 Å². The fourth-order valence-electron chi connectivity index (χ4n) is 0.781. The van der Waals surface area contributed by atoms with E-state index in [4.69, 9.17) is 22.3 Å². The van der Waals surface area contributed by atoms with Gasteiger partial charge in [0.1, 0.15) is 12.1 Å². The Morgan fingerprint density at radius 1 is 1.20 bits per heavy atom. The van der Waals surface area contributed by atoms with Crippen LogP contribution in [0.25, 0.3) is 0 Å². The average molecular weight is 219 g/mol. The first-order valence-corrected chi connectivity index (χ1v) is 4.60. The van der Waals surface area contributed by atoms with Gasteiger partial charge in [0, 0.05) is 0 Å². The Morgan fingerprint density at radius 2 is 1.73 bits per heavy atom. The third kappa shape index (κ3) is 5.43. The molecule has 0 amide bonds. The average Bonchev–Trinajstić information content (AvgIpc) is 2.24. The Morgan fingerprint density at radius 3 is 2.20 bits per heavy atom. The van der Waals surface area contributed by atoms with Crippen molar-refractivity contribution in [3.05, 3.63) is 0 Å². The number of hydrogen-bond acceptors (Lipinski definition) is 7. The fourth-order valence-corrected chi connectivity index (χ4v) is 0.781. The van der Waals surface area contributed by atoms with Gasteiger partial charge in [0.05, 0.1) is 6.61 Å². The smallest absolute Gasteiger partial charge is 0.332 e. The lowest BCUT2D eigenvalue weighted by atomic mass is 10.2. The van der Waals surface area contributed by atoms with Gasteiger partial charge in [0.15, 0.2) is 0 Å². The number of ether oxygens (including phenoxy) is 1. The minimum Gasteiger partial charge on any atom is -0.394 e.